The summed E-state index contributed by atoms with van der Waals surface area (Å²) in [4.78, 5) is 5.11. The Kier molecular flexibility index (Phi) is 6.04. The van der Waals surface area contributed by atoms with Crippen molar-refractivity contribution >= 4 is 38.5 Å². The fourth-order valence-electron chi connectivity index (χ4n) is 6.06. The first-order valence-corrected chi connectivity index (χ1v) is 14.3. The van der Waals surface area contributed by atoms with Crippen LogP contribution in [0.5, 0.6) is 23.4 Å². The summed E-state index contributed by atoms with van der Waals surface area (Å²) < 4.78 is 21.3. The Bertz CT molecular complexity index is 2180. The van der Waals surface area contributed by atoms with Crippen LogP contribution in [0.2, 0.25) is 0 Å². The van der Waals surface area contributed by atoms with Crippen molar-refractivity contribution < 1.29 is 23.2 Å². The van der Waals surface area contributed by atoms with Crippen LogP contribution in [0.4, 0.5) is 0 Å². The largest absolute Gasteiger partial charge is 0.403 e. The summed E-state index contributed by atoms with van der Waals surface area (Å²) in [5, 5.41) is 2.26. The summed E-state index contributed by atoms with van der Waals surface area (Å²) in [7, 11) is 6.03. The molecule has 0 amide bonds. The zero-order valence-corrected chi connectivity index (χ0v) is 24.8. The van der Waals surface area contributed by atoms with Gasteiger partial charge >= 0.3 is 17.6 Å². The van der Waals surface area contributed by atoms with Crippen LogP contribution in [0, 0.1) is 6.92 Å². The summed E-state index contributed by atoms with van der Waals surface area (Å²) in [5.41, 5.74) is 7.88. The number of aromatic nitrogens is 5. The molecule has 0 saturated carbocycles. The molecule has 0 spiro atoms. The maximum atomic E-state index is 6.60. The molecule has 5 heterocycles. The minimum atomic E-state index is 0.344. The first kappa shape index (κ1) is 25.9. The van der Waals surface area contributed by atoms with Crippen molar-refractivity contribution in [3.63, 3.8) is 0 Å². The molecule has 0 aliphatic carbocycles. The highest BCUT2D eigenvalue weighted by Crippen LogP contribution is 2.39. The van der Waals surface area contributed by atoms with Gasteiger partial charge in [-0.3, -0.25) is 4.98 Å². The highest BCUT2D eigenvalue weighted by Gasteiger charge is 2.28. The van der Waals surface area contributed by atoms with Gasteiger partial charge in [0.05, 0.1) is 47.7 Å². The quantitative estimate of drug-likeness (QED) is 0.185. The fraction of sp³-hybridized carbons (Fsp3) is 0.200. The van der Waals surface area contributed by atoms with E-state index in [0.29, 0.717) is 23.4 Å². The molecule has 7 rings (SSSR count). The minimum Gasteiger partial charge on any atom is -0.403 e. The summed E-state index contributed by atoms with van der Waals surface area (Å²) in [5.74, 6) is 3.10. The van der Waals surface area contributed by atoms with Crippen LogP contribution >= 0.6 is 0 Å². The molecule has 2 aromatic carbocycles. The average Bonchev–Trinajstić information content (AvgIpc) is 3.29. The van der Waals surface area contributed by atoms with Crippen molar-refractivity contribution in [2.75, 3.05) is 0 Å². The molecular weight excluding hydrogens is 522 g/mol. The van der Waals surface area contributed by atoms with Crippen molar-refractivity contribution in [3.8, 4) is 23.4 Å². The zero-order valence-electron chi connectivity index (χ0n) is 24.8. The van der Waals surface area contributed by atoms with Crippen LogP contribution in [0.15, 0.2) is 91.3 Å². The maximum absolute atomic E-state index is 6.60. The lowest BCUT2D eigenvalue weighted by atomic mass is 9.95. The van der Waals surface area contributed by atoms with Gasteiger partial charge in [-0.25, -0.2) is 4.57 Å². The lowest BCUT2D eigenvalue weighted by Crippen LogP contribution is -2.35. The van der Waals surface area contributed by atoms with Gasteiger partial charge in [-0.2, -0.15) is 8.97 Å². The molecule has 0 radical (unpaired) electrons. The molecular formula is C35H34N5O2+3. The van der Waals surface area contributed by atoms with Crippen molar-refractivity contribution in [2.24, 2.45) is 21.1 Å². The standard InChI is InChI=1S/C35H34N5O2/c1-22(2)24-13-11-16-27-33(24)34-32(35-38(5)25-14-7-8-15-26(25)40(27)35)23(3)28(21-36-34)41-30-18-12-19-31(39(30)6)42-29-17-9-10-20-37(29)4/h7-22H,1-6H3/q+3. The monoisotopic (exact) mass is 556 g/mol. The van der Waals surface area contributed by atoms with E-state index >= 15 is 0 Å². The smallest absolute Gasteiger partial charge is 0.380 e. The van der Waals surface area contributed by atoms with Gasteiger partial charge in [-0.15, -0.1) is 4.57 Å². The highest BCUT2D eigenvalue weighted by molar-refractivity contribution is 6.13. The van der Waals surface area contributed by atoms with Gasteiger partial charge in [0.15, 0.2) is 23.0 Å². The molecule has 0 unspecified atom stereocenters. The van der Waals surface area contributed by atoms with Crippen molar-refractivity contribution in [1.82, 2.24) is 9.38 Å². The normalized spacial score (nSPS) is 11.8. The van der Waals surface area contributed by atoms with Crippen LogP contribution in [0.1, 0.15) is 30.9 Å². The van der Waals surface area contributed by atoms with Crippen LogP contribution in [0.3, 0.4) is 0 Å². The summed E-state index contributed by atoms with van der Waals surface area (Å²) in [6.07, 6.45) is 3.82. The summed E-state index contributed by atoms with van der Waals surface area (Å²) in [6, 6.07) is 26.8. The highest BCUT2D eigenvalue weighted by atomic mass is 16.5. The number of para-hydroxylation sites is 2. The molecule has 0 aliphatic rings. The average molecular weight is 557 g/mol. The fourth-order valence-corrected chi connectivity index (χ4v) is 6.06. The Morgan fingerprint density at radius 3 is 2.19 bits per heavy atom. The van der Waals surface area contributed by atoms with Gasteiger partial charge in [0.1, 0.15) is 19.6 Å². The second-order valence-electron chi connectivity index (χ2n) is 11.2. The Labute approximate surface area is 244 Å². The molecule has 7 aromatic rings. The summed E-state index contributed by atoms with van der Waals surface area (Å²) in [6.45, 7) is 6.62. The minimum absolute atomic E-state index is 0.344. The first-order chi connectivity index (χ1) is 20.3. The third-order valence-corrected chi connectivity index (χ3v) is 8.27. The third kappa shape index (κ3) is 3.88. The predicted molar refractivity (Wildman–Crippen MR) is 163 cm³/mol. The Morgan fingerprint density at radius 2 is 1.40 bits per heavy atom. The lowest BCUT2D eigenvalue weighted by Gasteiger charge is -2.14. The number of hydrogen-bond donors (Lipinski definition) is 0. The number of nitrogens with zero attached hydrogens (tertiary/aromatic N) is 5. The third-order valence-electron chi connectivity index (χ3n) is 8.27. The number of hydrogen-bond acceptors (Lipinski definition) is 3. The van der Waals surface area contributed by atoms with Gasteiger partial charge in [-0.05, 0) is 48.7 Å². The molecule has 0 aliphatic heterocycles. The van der Waals surface area contributed by atoms with Crippen LogP contribution in [0.25, 0.3) is 38.5 Å². The summed E-state index contributed by atoms with van der Waals surface area (Å²) >= 11 is 0. The van der Waals surface area contributed by atoms with E-state index in [1.165, 1.54) is 16.5 Å². The SMILES string of the molecule is Cc1c(Oc2cccc(Oc3cccc[n+]3C)[n+]2C)cnc2c3c(C(C)C)cccc3n3c4ccccc4[n+](C)c3c12. The van der Waals surface area contributed by atoms with Crippen molar-refractivity contribution in [3.05, 3.63) is 102 Å². The van der Waals surface area contributed by atoms with Gasteiger partial charge in [0.25, 0.3) is 5.65 Å². The van der Waals surface area contributed by atoms with E-state index in [0.717, 1.165) is 39.0 Å². The van der Waals surface area contributed by atoms with Gasteiger partial charge in [0, 0.05) is 11.6 Å². The van der Waals surface area contributed by atoms with E-state index in [4.69, 9.17) is 14.5 Å². The zero-order chi connectivity index (χ0) is 29.1. The Hall–Kier alpha value is -5.04. The van der Waals surface area contributed by atoms with E-state index < -0.39 is 0 Å². The molecule has 7 heteroatoms. The van der Waals surface area contributed by atoms with Crippen LogP contribution in [-0.4, -0.2) is 9.38 Å². The number of pyridine rings is 4. The topological polar surface area (TPSA) is 47.4 Å². The Morgan fingerprint density at radius 1 is 0.714 bits per heavy atom. The van der Waals surface area contributed by atoms with Crippen LogP contribution in [-0.2, 0) is 21.1 Å². The second kappa shape index (κ2) is 9.80. The molecule has 7 nitrogen and oxygen atoms in total. The first-order valence-electron chi connectivity index (χ1n) is 14.3. The van der Waals surface area contributed by atoms with E-state index in [1.54, 1.807) is 0 Å². The number of ether oxygens (including phenoxy) is 2. The molecule has 42 heavy (non-hydrogen) atoms. The molecule has 5 aromatic heterocycles. The van der Waals surface area contributed by atoms with E-state index in [1.807, 2.05) is 72.0 Å². The molecule has 0 N–H and O–H groups in total. The van der Waals surface area contributed by atoms with Crippen LogP contribution < -0.4 is 23.2 Å². The van der Waals surface area contributed by atoms with Crippen molar-refractivity contribution in [2.45, 2.75) is 26.7 Å². The number of aryl methyl sites for hydroxylation is 3. The maximum Gasteiger partial charge on any atom is 0.380 e. The molecule has 0 fully saturated rings. The molecule has 0 atom stereocenters. The number of fused-ring (bicyclic) bond motifs is 8. The Balaban J connectivity index is 1.47. The molecule has 208 valence electrons. The lowest BCUT2D eigenvalue weighted by molar-refractivity contribution is -0.697. The molecule has 0 bridgehead atoms. The number of imidazole rings is 1. The number of benzene rings is 2. The van der Waals surface area contributed by atoms with Gasteiger partial charge in [0.2, 0.25) is 0 Å². The van der Waals surface area contributed by atoms with Gasteiger partial charge < -0.3 is 9.47 Å². The van der Waals surface area contributed by atoms with Gasteiger partial charge in [-0.1, -0.05) is 38.1 Å². The van der Waals surface area contributed by atoms with E-state index in [-0.39, 0.29) is 0 Å². The predicted octanol–water partition coefficient (Wildman–Crippen LogP) is 6.28. The second-order valence-corrected chi connectivity index (χ2v) is 11.2. The number of rotatable bonds is 5. The van der Waals surface area contributed by atoms with E-state index in [2.05, 4.69) is 79.3 Å². The van der Waals surface area contributed by atoms with E-state index in [9.17, 15) is 0 Å². The molecule has 0 saturated heterocycles. The van der Waals surface area contributed by atoms with Crippen molar-refractivity contribution in [1.29, 1.82) is 0 Å².